The highest BCUT2D eigenvalue weighted by molar-refractivity contribution is 6.07. The topological polar surface area (TPSA) is 99.5 Å². The molecule has 0 radical (unpaired) electrons. The maximum Gasteiger partial charge on any atom is 0.407 e. The third kappa shape index (κ3) is 6.49. The van der Waals surface area contributed by atoms with Crippen LogP contribution in [-0.4, -0.2) is 46.4 Å². The summed E-state index contributed by atoms with van der Waals surface area (Å²) in [5, 5.41) is 3.99. The normalized spacial score (nSPS) is 13.0. The van der Waals surface area contributed by atoms with Gasteiger partial charge in [0.25, 0.3) is 5.56 Å². The number of rotatable bonds is 7. The number of hydrogen-bond donors (Lipinski definition) is 1. The lowest BCUT2D eigenvalue weighted by Gasteiger charge is -2.24. The van der Waals surface area contributed by atoms with E-state index in [0.717, 1.165) is 0 Å². The number of alkyl carbamates (subject to hydrolysis) is 1. The van der Waals surface area contributed by atoms with Crippen molar-refractivity contribution >= 4 is 34.1 Å². The Morgan fingerprint density at radius 3 is 2.54 bits per heavy atom. The SMILES string of the molecule is Cn1c(=O)c2cnccc2c2cc(C=O)c(OCC(CCC(F)(F)F)NC(=O)OC(C)(C)C)cc21. The number of pyridine rings is 2. The van der Waals surface area contributed by atoms with Crippen molar-refractivity contribution in [1.82, 2.24) is 14.9 Å². The summed E-state index contributed by atoms with van der Waals surface area (Å²) in [7, 11) is 1.55. The highest BCUT2D eigenvalue weighted by atomic mass is 19.4. The van der Waals surface area contributed by atoms with Gasteiger partial charge in [-0.3, -0.25) is 14.6 Å². The first kappa shape index (κ1) is 26.0. The van der Waals surface area contributed by atoms with Crippen molar-refractivity contribution in [2.45, 2.75) is 51.4 Å². The van der Waals surface area contributed by atoms with E-state index in [1.165, 1.54) is 23.0 Å². The molecule has 1 N–H and O–H groups in total. The van der Waals surface area contributed by atoms with E-state index in [9.17, 15) is 27.6 Å². The molecule has 3 aromatic rings. The first-order chi connectivity index (χ1) is 16.3. The number of carbonyl (C=O) groups is 2. The Balaban J connectivity index is 1.93. The van der Waals surface area contributed by atoms with Crippen molar-refractivity contribution < 1.29 is 32.2 Å². The van der Waals surface area contributed by atoms with Crippen molar-refractivity contribution in [1.29, 1.82) is 0 Å². The standard InChI is InChI=1S/C24H26F3N3O5/c1-23(2,3)35-22(33)29-15(5-7-24(25,26)27)13-34-20-10-19-17(9-14(20)12-31)16-6-8-28-11-18(16)21(32)30(19)4/h6,8-12,15H,5,7,13H2,1-4H3,(H,29,33). The number of amides is 1. The van der Waals surface area contributed by atoms with Gasteiger partial charge in [0.2, 0.25) is 0 Å². The van der Waals surface area contributed by atoms with Gasteiger partial charge in [-0.15, -0.1) is 0 Å². The second kappa shape index (κ2) is 9.93. The largest absolute Gasteiger partial charge is 0.491 e. The summed E-state index contributed by atoms with van der Waals surface area (Å²) in [5.41, 5.74) is -0.548. The van der Waals surface area contributed by atoms with Crippen molar-refractivity contribution in [3.05, 3.63) is 46.5 Å². The fourth-order valence-electron chi connectivity index (χ4n) is 3.59. The predicted octanol–water partition coefficient (Wildman–Crippen LogP) is 4.51. The van der Waals surface area contributed by atoms with Crippen LogP contribution in [-0.2, 0) is 11.8 Å². The lowest BCUT2D eigenvalue weighted by Crippen LogP contribution is -2.42. The Kier molecular flexibility index (Phi) is 7.37. The van der Waals surface area contributed by atoms with Gasteiger partial charge in [-0.1, -0.05) is 0 Å². The number of hydrogen-bond acceptors (Lipinski definition) is 6. The molecule has 0 bridgehead atoms. The van der Waals surface area contributed by atoms with Gasteiger partial charge in [0.15, 0.2) is 6.29 Å². The first-order valence-corrected chi connectivity index (χ1v) is 10.8. The third-order valence-electron chi connectivity index (χ3n) is 5.20. The molecule has 0 aliphatic carbocycles. The molecule has 0 fully saturated rings. The van der Waals surface area contributed by atoms with Gasteiger partial charge in [-0.25, -0.2) is 4.79 Å². The van der Waals surface area contributed by atoms with E-state index in [4.69, 9.17) is 9.47 Å². The van der Waals surface area contributed by atoms with Gasteiger partial charge in [0, 0.05) is 37.3 Å². The van der Waals surface area contributed by atoms with Crippen LogP contribution in [0, 0.1) is 0 Å². The monoisotopic (exact) mass is 493 g/mol. The molecule has 0 spiro atoms. The van der Waals surface area contributed by atoms with Crippen LogP contribution in [0.15, 0.2) is 35.4 Å². The Morgan fingerprint density at radius 1 is 1.20 bits per heavy atom. The van der Waals surface area contributed by atoms with E-state index < -0.39 is 36.8 Å². The van der Waals surface area contributed by atoms with E-state index in [-0.39, 0.29) is 23.5 Å². The minimum absolute atomic E-state index is 0.0684. The Labute approximate surface area is 199 Å². The molecule has 2 aromatic heterocycles. The number of halogens is 3. The molecule has 8 nitrogen and oxygen atoms in total. The van der Waals surface area contributed by atoms with Gasteiger partial charge >= 0.3 is 12.3 Å². The molecule has 188 valence electrons. The molecular weight excluding hydrogens is 467 g/mol. The number of fused-ring (bicyclic) bond motifs is 3. The van der Waals surface area contributed by atoms with Gasteiger partial charge in [-0.05, 0) is 44.7 Å². The Morgan fingerprint density at radius 2 is 1.91 bits per heavy atom. The van der Waals surface area contributed by atoms with E-state index >= 15 is 0 Å². The summed E-state index contributed by atoms with van der Waals surface area (Å²) >= 11 is 0. The molecule has 0 aliphatic rings. The molecule has 2 heterocycles. The Bertz CT molecular complexity index is 1310. The van der Waals surface area contributed by atoms with Gasteiger partial charge < -0.3 is 19.4 Å². The highest BCUT2D eigenvalue weighted by Gasteiger charge is 2.30. The first-order valence-electron chi connectivity index (χ1n) is 10.8. The van der Waals surface area contributed by atoms with Crippen molar-refractivity contribution in [2.24, 2.45) is 7.05 Å². The number of ether oxygens (including phenoxy) is 2. The van der Waals surface area contributed by atoms with E-state index in [2.05, 4.69) is 10.3 Å². The number of carbonyl (C=O) groups excluding carboxylic acids is 2. The average molecular weight is 493 g/mol. The molecule has 0 aliphatic heterocycles. The van der Waals surface area contributed by atoms with E-state index in [0.29, 0.717) is 28.0 Å². The Hall–Kier alpha value is -3.63. The van der Waals surface area contributed by atoms with Gasteiger partial charge in [0.1, 0.15) is 18.0 Å². The number of aromatic nitrogens is 2. The molecular formula is C24H26F3N3O5. The minimum atomic E-state index is -4.43. The molecule has 1 amide bonds. The predicted molar refractivity (Wildman–Crippen MR) is 124 cm³/mol. The summed E-state index contributed by atoms with van der Waals surface area (Å²) in [6, 6.07) is 3.64. The van der Waals surface area contributed by atoms with Crippen LogP contribution in [0.25, 0.3) is 21.7 Å². The van der Waals surface area contributed by atoms with Crippen LogP contribution in [0.3, 0.4) is 0 Å². The van der Waals surface area contributed by atoms with E-state index in [1.54, 1.807) is 40.0 Å². The number of aryl methyl sites for hydroxylation is 1. The molecule has 35 heavy (non-hydrogen) atoms. The number of aldehydes is 1. The summed E-state index contributed by atoms with van der Waals surface area (Å²) in [5.74, 6) is 0.0684. The lowest BCUT2D eigenvalue weighted by atomic mass is 10.0. The number of benzene rings is 1. The van der Waals surface area contributed by atoms with E-state index in [1.807, 2.05) is 0 Å². The number of nitrogens with one attached hydrogen (secondary N) is 1. The zero-order valence-electron chi connectivity index (χ0n) is 19.7. The molecule has 1 aromatic carbocycles. The summed E-state index contributed by atoms with van der Waals surface area (Å²) in [4.78, 5) is 40.6. The highest BCUT2D eigenvalue weighted by Crippen LogP contribution is 2.29. The smallest absolute Gasteiger partial charge is 0.407 e. The fourth-order valence-corrected chi connectivity index (χ4v) is 3.59. The average Bonchev–Trinajstić information content (AvgIpc) is 2.77. The zero-order chi connectivity index (χ0) is 26.0. The second-order valence-corrected chi connectivity index (χ2v) is 9.12. The van der Waals surface area contributed by atoms with Crippen molar-refractivity contribution in [3.63, 3.8) is 0 Å². The van der Waals surface area contributed by atoms with Crippen LogP contribution >= 0.6 is 0 Å². The van der Waals surface area contributed by atoms with Crippen molar-refractivity contribution in [2.75, 3.05) is 6.61 Å². The van der Waals surface area contributed by atoms with Gasteiger partial charge in [0.05, 0.1) is 22.5 Å². The molecule has 1 atom stereocenters. The van der Waals surface area contributed by atoms with Crippen LogP contribution in [0.5, 0.6) is 5.75 Å². The number of alkyl halides is 3. The van der Waals surface area contributed by atoms with Crippen LogP contribution in [0.4, 0.5) is 18.0 Å². The molecule has 3 rings (SSSR count). The minimum Gasteiger partial charge on any atom is -0.491 e. The molecule has 1 unspecified atom stereocenters. The quantitative estimate of drug-likeness (QED) is 0.384. The van der Waals surface area contributed by atoms with Crippen LogP contribution in [0.2, 0.25) is 0 Å². The molecule has 0 saturated heterocycles. The summed E-state index contributed by atoms with van der Waals surface area (Å²) in [6.07, 6.45) is -3.40. The number of nitrogens with zero attached hydrogens (tertiary/aromatic N) is 2. The van der Waals surface area contributed by atoms with Crippen LogP contribution < -0.4 is 15.6 Å². The van der Waals surface area contributed by atoms with Crippen molar-refractivity contribution in [3.8, 4) is 5.75 Å². The second-order valence-electron chi connectivity index (χ2n) is 9.12. The summed E-state index contributed by atoms with van der Waals surface area (Å²) < 4.78 is 50.7. The lowest BCUT2D eigenvalue weighted by molar-refractivity contribution is -0.137. The molecule has 0 saturated carbocycles. The molecule has 11 heteroatoms. The zero-order valence-corrected chi connectivity index (χ0v) is 19.7. The summed E-state index contributed by atoms with van der Waals surface area (Å²) in [6.45, 7) is 4.53. The van der Waals surface area contributed by atoms with Gasteiger partial charge in [-0.2, -0.15) is 13.2 Å². The fraction of sp³-hybridized carbons (Fsp3) is 0.417. The van der Waals surface area contributed by atoms with Crippen LogP contribution in [0.1, 0.15) is 44.0 Å². The maximum atomic E-state index is 12.8. The maximum absolute atomic E-state index is 12.8. The third-order valence-corrected chi connectivity index (χ3v) is 5.20.